The van der Waals surface area contributed by atoms with E-state index in [9.17, 15) is 4.57 Å². The van der Waals surface area contributed by atoms with E-state index in [-0.39, 0.29) is 0 Å². The van der Waals surface area contributed by atoms with Crippen LogP contribution in [0.3, 0.4) is 0 Å². The first kappa shape index (κ1) is 14.9. The van der Waals surface area contributed by atoms with Gasteiger partial charge in [-0.3, -0.25) is 4.98 Å². The van der Waals surface area contributed by atoms with E-state index >= 15 is 0 Å². The number of para-hydroxylation sites is 1. The van der Waals surface area contributed by atoms with E-state index in [1.165, 1.54) is 0 Å². The molecular weight excluding hydrogens is 313 g/mol. The van der Waals surface area contributed by atoms with Gasteiger partial charge in [-0.2, -0.15) is 0 Å². The number of rotatable bonds is 3. The lowest BCUT2D eigenvalue weighted by molar-refractivity contribution is 0.592. The summed E-state index contributed by atoms with van der Waals surface area (Å²) in [7, 11) is -2.94. The van der Waals surface area contributed by atoms with E-state index in [2.05, 4.69) is 4.98 Å². The first-order valence-electron chi connectivity index (χ1n) is 7.85. The maximum absolute atomic E-state index is 14.2. The van der Waals surface area contributed by atoms with E-state index in [0.717, 1.165) is 26.8 Å². The summed E-state index contributed by atoms with van der Waals surface area (Å²) in [6.07, 6.45) is 1.75. The van der Waals surface area contributed by atoms with Gasteiger partial charge in [0.05, 0.1) is 5.52 Å². The fourth-order valence-corrected chi connectivity index (χ4v) is 5.57. The van der Waals surface area contributed by atoms with Crippen molar-refractivity contribution in [3.8, 4) is 0 Å². The molecule has 3 heteroatoms. The minimum Gasteiger partial charge on any atom is -0.309 e. The first-order valence-corrected chi connectivity index (χ1v) is 9.56. The largest absolute Gasteiger partial charge is 0.309 e. The summed E-state index contributed by atoms with van der Waals surface area (Å²) < 4.78 is 14.2. The van der Waals surface area contributed by atoms with Crippen LogP contribution in [-0.4, -0.2) is 4.98 Å². The molecule has 3 aromatic carbocycles. The van der Waals surface area contributed by atoms with Gasteiger partial charge in [-0.15, -0.1) is 0 Å². The molecule has 0 spiro atoms. The normalized spacial score (nSPS) is 11.5. The van der Waals surface area contributed by atoms with E-state index in [4.69, 9.17) is 0 Å². The monoisotopic (exact) mass is 329 g/mol. The highest BCUT2D eigenvalue weighted by molar-refractivity contribution is 7.85. The van der Waals surface area contributed by atoms with Gasteiger partial charge in [0, 0.05) is 27.5 Å². The third kappa shape index (κ3) is 2.46. The van der Waals surface area contributed by atoms with Crippen LogP contribution in [0.15, 0.2) is 97.2 Å². The second kappa shape index (κ2) is 6.07. The van der Waals surface area contributed by atoms with Gasteiger partial charge in [0.1, 0.15) is 0 Å². The van der Waals surface area contributed by atoms with Gasteiger partial charge in [-0.05, 0) is 12.1 Å². The Balaban J connectivity index is 2.00. The van der Waals surface area contributed by atoms with Crippen molar-refractivity contribution >= 4 is 34.0 Å². The molecule has 1 aromatic heterocycles. The zero-order valence-electron chi connectivity index (χ0n) is 13.0. The summed E-state index contributed by atoms with van der Waals surface area (Å²) in [5, 5.41) is 3.42. The minimum atomic E-state index is -2.94. The number of aromatic nitrogens is 1. The van der Waals surface area contributed by atoms with Crippen LogP contribution in [0.2, 0.25) is 0 Å². The highest BCUT2D eigenvalue weighted by atomic mass is 31.2. The molecule has 24 heavy (non-hydrogen) atoms. The maximum atomic E-state index is 14.2. The Morgan fingerprint density at radius 2 is 1.17 bits per heavy atom. The van der Waals surface area contributed by atoms with Crippen molar-refractivity contribution in [2.24, 2.45) is 0 Å². The smallest absolute Gasteiger partial charge is 0.172 e. The summed E-state index contributed by atoms with van der Waals surface area (Å²) in [4.78, 5) is 4.53. The first-order chi connectivity index (χ1) is 11.8. The number of fused-ring (bicyclic) bond motifs is 1. The molecule has 0 aliphatic heterocycles. The van der Waals surface area contributed by atoms with Crippen molar-refractivity contribution in [2.75, 3.05) is 0 Å². The third-order valence-corrected chi connectivity index (χ3v) is 7.20. The van der Waals surface area contributed by atoms with Crippen LogP contribution in [-0.2, 0) is 4.57 Å². The van der Waals surface area contributed by atoms with Gasteiger partial charge in [-0.1, -0.05) is 78.9 Å². The van der Waals surface area contributed by atoms with Gasteiger partial charge in [0.25, 0.3) is 0 Å². The Morgan fingerprint density at radius 3 is 1.79 bits per heavy atom. The van der Waals surface area contributed by atoms with Crippen LogP contribution in [0.25, 0.3) is 10.9 Å². The number of pyridine rings is 1. The van der Waals surface area contributed by atoms with E-state index in [1.54, 1.807) is 6.20 Å². The van der Waals surface area contributed by atoms with Crippen molar-refractivity contribution < 1.29 is 4.57 Å². The number of hydrogen-bond donors (Lipinski definition) is 0. The van der Waals surface area contributed by atoms with Crippen molar-refractivity contribution in [1.29, 1.82) is 0 Å². The highest BCUT2D eigenvalue weighted by Gasteiger charge is 2.29. The molecule has 0 fully saturated rings. The van der Waals surface area contributed by atoms with Crippen LogP contribution in [0.5, 0.6) is 0 Å². The fraction of sp³-hybridized carbons (Fsp3) is 0. The van der Waals surface area contributed by atoms with Crippen molar-refractivity contribution in [3.63, 3.8) is 0 Å². The van der Waals surface area contributed by atoms with E-state index in [1.807, 2.05) is 91.0 Å². The molecule has 0 aliphatic carbocycles. The third-order valence-electron chi connectivity index (χ3n) is 4.18. The minimum absolute atomic E-state index is 0.763. The Labute approximate surface area is 141 Å². The summed E-state index contributed by atoms with van der Waals surface area (Å²) in [6.45, 7) is 0. The van der Waals surface area contributed by atoms with E-state index < -0.39 is 7.14 Å². The van der Waals surface area contributed by atoms with Crippen molar-refractivity contribution in [2.45, 2.75) is 0 Å². The SMILES string of the molecule is O=P(c1ccccc1)(c1ccccc1)c1cnc2ccccc2c1. The molecule has 2 nitrogen and oxygen atoms in total. The molecule has 0 saturated carbocycles. The molecule has 116 valence electrons. The number of nitrogens with zero attached hydrogens (tertiary/aromatic N) is 1. The van der Waals surface area contributed by atoms with Gasteiger partial charge in [-0.25, -0.2) is 0 Å². The van der Waals surface area contributed by atoms with E-state index in [0.29, 0.717) is 0 Å². The van der Waals surface area contributed by atoms with Crippen LogP contribution < -0.4 is 15.9 Å². The number of hydrogen-bond acceptors (Lipinski definition) is 2. The molecule has 0 aliphatic rings. The lowest BCUT2D eigenvalue weighted by Crippen LogP contribution is -2.25. The zero-order valence-corrected chi connectivity index (χ0v) is 13.9. The van der Waals surface area contributed by atoms with Gasteiger partial charge >= 0.3 is 0 Å². The van der Waals surface area contributed by atoms with Crippen LogP contribution >= 0.6 is 7.14 Å². The molecule has 4 aromatic rings. The summed E-state index contributed by atoms with van der Waals surface area (Å²) in [5.41, 5.74) is 0.911. The predicted molar refractivity (Wildman–Crippen MR) is 101 cm³/mol. The standard InChI is InChI=1S/C21H16NOP/c23-24(18-10-3-1-4-11-18,19-12-5-2-6-13-19)20-15-17-9-7-8-14-21(17)22-16-20/h1-16H. The molecule has 0 unspecified atom stereocenters. The van der Waals surface area contributed by atoms with Crippen LogP contribution in [0.4, 0.5) is 0 Å². The molecule has 0 bridgehead atoms. The topological polar surface area (TPSA) is 30.0 Å². The van der Waals surface area contributed by atoms with Gasteiger partial charge in [0.2, 0.25) is 0 Å². The molecule has 0 atom stereocenters. The molecular formula is C21H16NOP. The van der Waals surface area contributed by atoms with Crippen LogP contribution in [0, 0.1) is 0 Å². The fourth-order valence-electron chi connectivity index (χ4n) is 2.95. The summed E-state index contributed by atoms with van der Waals surface area (Å²) >= 11 is 0. The average molecular weight is 329 g/mol. The molecule has 0 radical (unpaired) electrons. The quantitative estimate of drug-likeness (QED) is 0.534. The second-order valence-electron chi connectivity index (χ2n) is 5.67. The molecule has 0 saturated heterocycles. The number of benzene rings is 3. The summed E-state index contributed by atoms with van der Waals surface area (Å²) in [6, 6.07) is 29.3. The Morgan fingerprint density at radius 1 is 0.625 bits per heavy atom. The maximum Gasteiger partial charge on any atom is 0.172 e. The summed E-state index contributed by atoms with van der Waals surface area (Å²) in [5.74, 6) is 0. The Kier molecular flexibility index (Phi) is 3.76. The average Bonchev–Trinajstić information content (AvgIpc) is 2.68. The lowest BCUT2D eigenvalue weighted by atomic mass is 10.2. The molecule has 0 amide bonds. The van der Waals surface area contributed by atoms with Gasteiger partial charge in [0.15, 0.2) is 7.14 Å². The molecule has 4 rings (SSSR count). The van der Waals surface area contributed by atoms with Crippen molar-refractivity contribution in [3.05, 3.63) is 97.2 Å². The lowest BCUT2D eigenvalue weighted by Gasteiger charge is -2.20. The second-order valence-corrected chi connectivity index (χ2v) is 8.43. The van der Waals surface area contributed by atoms with Crippen molar-refractivity contribution in [1.82, 2.24) is 4.98 Å². The molecule has 1 heterocycles. The Bertz CT molecular complexity index is 986. The Hall–Kier alpha value is -2.70. The predicted octanol–water partition coefficient (Wildman–Crippen LogP) is 3.87. The van der Waals surface area contributed by atoms with Gasteiger partial charge < -0.3 is 4.57 Å². The highest BCUT2D eigenvalue weighted by Crippen LogP contribution is 2.42. The van der Waals surface area contributed by atoms with Crippen LogP contribution in [0.1, 0.15) is 0 Å². The zero-order chi connectivity index (χ0) is 16.4. The molecule has 0 N–H and O–H groups in total.